The van der Waals surface area contributed by atoms with E-state index in [0.717, 1.165) is 5.56 Å². The summed E-state index contributed by atoms with van der Waals surface area (Å²) in [6.07, 6.45) is 0.682. The van der Waals surface area contributed by atoms with Crippen LogP contribution in [0.2, 0.25) is 0 Å². The fraction of sp³-hybridized carbons (Fsp3) is 0.429. The number of halogens is 1. The number of hydrogen-bond acceptors (Lipinski definition) is 3. The Balaban J connectivity index is 0.00000200. The zero-order valence-electron chi connectivity index (χ0n) is 11.5. The van der Waals surface area contributed by atoms with Crippen molar-refractivity contribution >= 4 is 24.2 Å². The molecular formula is C14H20ClN3O2. The number of rotatable bonds is 5. The van der Waals surface area contributed by atoms with E-state index < -0.39 is 0 Å². The topological polar surface area (TPSA) is 61.4 Å². The van der Waals surface area contributed by atoms with Crippen LogP contribution in [0.5, 0.6) is 0 Å². The summed E-state index contributed by atoms with van der Waals surface area (Å²) in [5.41, 5.74) is 1.11. The molecule has 1 heterocycles. The van der Waals surface area contributed by atoms with Crippen molar-refractivity contribution < 1.29 is 9.59 Å². The van der Waals surface area contributed by atoms with Crippen molar-refractivity contribution in [2.45, 2.75) is 19.0 Å². The molecule has 110 valence electrons. The SMILES string of the molecule is CNCC(=O)NC1CCN(Cc2ccccc2)C1=O.Cl. The van der Waals surface area contributed by atoms with E-state index in [9.17, 15) is 9.59 Å². The summed E-state index contributed by atoms with van der Waals surface area (Å²) in [5.74, 6) is -0.129. The molecule has 1 unspecified atom stereocenters. The van der Waals surface area contributed by atoms with E-state index in [2.05, 4.69) is 10.6 Å². The maximum Gasteiger partial charge on any atom is 0.245 e. The minimum Gasteiger partial charge on any atom is -0.343 e. The molecule has 0 bridgehead atoms. The Morgan fingerprint density at radius 3 is 2.70 bits per heavy atom. The number of amides is 2. The molecule has 2 N–H and O–H groups in total. The van der Waals surface area contributed by atoms with Gasteiger partial charge in [-0.05, 0) is 19.0 Å². The predicted octanol–water partition coefficient (Wildman–Crippen LogP) is 0.545. The van der Waals surface area contributed by atoms with Crippen molar-refractivity contribution in [2.75, 3.05) is 20.1 Å². The van der Waals surface area contributed by atoms with Crippen molar-refractivity contribution in [3.63, 3.8) is 0 Å². The van der Waals surface area contributed by atoms with Gasteiger partial charge < -0.3 is 15.5 Å². The van der Waals surface area contributed by atoms with Gasteiger partial charge in [-0.15, -0.1) is 12.4 Å². The van der Waals surface area contributed by atoms with Crippen LogP contribution in [0.15, 0.2) is 30.3 Å². The monoisotopic (exact) mass is 297 g/mol. The third-order valence-corrected chi connectivity index (χ3v) is 3.19. The Hall–Kier alpha value is -1.59. The Kier molecular flexibility index (Phi) is 6.48. The fourth-order valence-electron chi connectivity index (χ4n) is 2.24. The van der Waals surface area contributed by atoms with E-state index in [-0.39, 0.29) is 36.8 Å². The van der Waals surface area contributed by atoms with Crippen LogP contribution in [0.3, 0.4) is 0 Å². The first-order valence-corrected chi connectivity index (χ1v) is 6.47. The van der Waals surface area contributed by atoms with Crippen LogP contribution in [0.4, 0.5) is 0 Å². The Morgan fingerprint density at radius 2 is 2.05 bits per heavy atom. The summed E-state index contributed by atoms with van der Waals surface area (Å²) in [6, 6.07) is 9.50. The molecule has 0 saturated carbocycles. The summed E-state index contributed by atoms with van der Waals surface area (Å²) in [6.45, 7) is 1.54. The molecule has 1 aliphatic rings. The van der Waals surface area contributed by atoms with Gasteiger partial charge in [0.2, 0.25) is 11.8 Å². The van der Waals surface area contributed by atoms with Gasteiger partial charge in [-0.2, -0.15) is 0 Å². The molecule has 1 aromatic carbocycles. The Labute approximate surface area is 125 Å². The van der Waals surface area contributed by atoms with Crippen molar-refractivity contribution in [1.29, 1.82) is 0 Å². The van der Waals surface area contributed by atoms with Gasteiger partial charge in [-0.1, -0.05) is 30.3 Å². The lowest BCUT2D eigenvalue weighted by Crippen LogP contribution is -2.44. The molecular weight excluding hydrogens is 278 g/mol. The molecule has 1 aromatic rings. The quantitative estimate of drug-likeness (QED) is 0.834. The smallest absolute Gasteiger partial charge is 0.245 e. The van der Waals surface area contributed by atoms with Crippen molar-refractivity contribution in [3.8, 4) is 0 Å². The van der Waals surface area contributed by atoms with Gasteiger partial charge in [-0.25, -0.2) is 0 Å². The molecule has 1 fully saturated rings. The van der Waals surface area contributed by atoms with Gasteiger partial charge >= 0.3 is 0 Å². The number of likely N-dealkylation sites (N-methyl/N-ethyl adjacent to an activating group) is 1. The second-order valence-corrected chi connectivity index (χ2v) is 4.68. The van der Waals surface area contributed by atoms with Gasteiger partial charge in [0, 0.05) is 13.1 Å². The standard InChI is InChI=1S/C14H19N3O2.ClH/c1-15-9-13(18)16-12-7-8-17(14(12)19)10-11-5-3-2-4-6-11;/h2-6,12,15H,7-10H2,1H3,(H,16,18);1H. The Morgan fingerprint density at radius 1 is 1.35 bits per heavy atom. The van der Waals surface area contributed by atoms with E-state index in [1.54, 1.807) is 11.9 Å². The predicted molar refractivity (Wildman–Crippen MR) is 79.6 cm³/mol. The van der Waals surface area contributed by atoms with Gasteiger partial charge in [0.05, 0.1) is 6.54 Å². The van der Waals surface area contributed by atoms with E-state index in [1.807, 2.05) is 30.3 Å². The number of benzene rings is 1. The molecule has 0 spiro atoms. The van der Waals surface area contributed by atoms with Crippen molar-refractivity contribution in [1.82, 2.24) is 15.5 Å². The molecule has 0 aromatic heterocycles. The second kappa shape index (κ2) is 7.87. The van der Waals surface area contributed by atoms with E-state index in [4.69, 9.17) is 0 Å². The van der Waals surface area contributed by atoms with Crippen molar-refractivity contribution in [3.05, 3.63) is 35.9 Å². The van der Waals surface area contributed by atoms with E-state index in [0.29, 0.717) is 19.5 Å². The molecule has 6 heteroatoms. The molecule has 0 radical (unpaired) electrons. The molecule has 5 nitrogen and oxygen atoms in total. The van der Waals surface area contributed by atoms with Gasteiger partial charge in [-0.3, -0.25) is 9.59 Å². The largest absolute Gasteiger partial charge is 0.343 e. The summed E-state index contributed by atoms with van der Waals surface area (Å²) < 4.78 is 0. The summed E-state index contributed by atoms with van der Waals surface area (Å²) in [4.78, 5) is 25.4. The zero-order chi connectivity index (χ0) is 13.7. The molecule has 2 rings (SSSR count). The van der Waals surface area contributed by atoms with Crippen LogP contribution in [-0.4, -0.2) is 42.9 Å². The highest BCUT2D eigenvalue weighted by Gasteiger charge is 2.32. The number of nitrogens with zero attached hydrogens (tertiary/aromatic N) is 1. The highest BCUT2D eigenvalue weighted by molar-refractivity contribution is 5.89. The minimum atomic E-state index is -0.371. The maximum absolute atomic E-state index is 12.1. The van der Waals surface area contributed by atoms with Crippen LogP contribution in [-0.2, 0) is 16.1 Å². The number of hydrogen-bond donors (Lipinski definition) is 2. The lowest BCUT2D eigenvalue weighted by Gasteiger charge is -2.17. The number of likely N-dealkylation sites (tertiary alicyclic amines) is 1. The van der Waals surface area contributed by atoms with Crippen LogP contribution in [0.1, 0.15) is 12.0 Å². The van der Waals surface area contributed by atoms with Crippen molar-refractivity contribution in [2.24, 2.45) is 0 Å². The number of nitrogens with one attached hydrogen (secondary N) is 2. The minimum absolute atomic E-state index is 0. The zero-order valence-corrected chi connectivity index (χ0v) is 12.3. The fourth-order valence-corrected chi connectivity index (χ4v) is 2.24. The highest BCUT2D eigenvalue weighted by atomic mass is 35.5. The second-order valence-electron chi connectivity index (χ2n) is 4.68. The van der Waals surface area contributed by atoms with Gasteiger partial charge in [0.1, 0.15) is 6.04 Å². The van der Waals surface area contributed by atoms with Gasteiger partial charge in [0.25, 0.3) is 0 Å². The summed E-state index contributed by atoms with van der Waals surface area (Å²) in [7, 11) is 1.71. The molecule has 1 saturated heterocycles. The average Bonchev–Trinajstić information content (AvgIpc) is 2.73. The van der Waals surface area contributed by atoms with Crippen LogP contribution >= 0.6 is 12.4 Å². The highest BCUT2D eigenvalue weighted by Crippen LogP contribution is 2.14. The number of carbonyl (C=O) groups excluding carboxylic acids is 2. The molecule has 1 aliphatic heterocycles. The lowest BCUT2D eigenvalue weighted by atomic mass is 10.2. The molecule has 20 heavy (non-hydrogen) atoms. The molecule has 2 amide bonds. The molecule has 0 aliphatic carbocycles. The van der Waals surface area contributed by atoms with Crippen LogP contribution in [0, 0.1) is 0 Å². The third kappa shape index (κ3) is 4.21. The Bertz CT molecular complexity index is 453. The lowest BCUT2D eigenvalue weighted by molar-refractivity contribution is -0.132. The average molecular weight is 298 g/mol. The van der Waals surface area contributed by atoms with Crippen LogP contribution < -0.4 is 10.6 Å². The summed E-state index contributed by atoms with van der Waals surface area (Å²) in [5, 5.41) is 5.52. The third-order valence-electron chi connectivity index (χ3n) is 3.19. The first-order chi connectivity index (χ1) is 9.20. The van der Waals surface area contributed by atoms with Crippen LogP contribution in [0.25, 0.3) is 0 Å². The normalized spacial score (nSPS) is 17.8. The van der Waals surface area contributed by atoms with E-state index in [1.165, 1.54) is 0 Å². The van der Waals surface area contributed by atoms with Gasteiger partial charge in [0.15, 0.2) is 0 Å². The number of carbonyl (C=O) groups is 2. The summed E-state index contributed by atoms with van der Waals surface area (Å²) >= 11 is 0. The first-order valence-electron chi connectivity index (χ1n) is 6.47. The molecule has 1 atom stereocenters. The first kappa shape index (κ1) is 16.5. The maximum atomic E-state index is 12.1. The van der Waals surface area contributed by atoms with E-state index >= 15 is 0 Å².